The Morgan fingerprint density at radius 2 is 2.06 bits per heavy atom. The molecule has 1 aromatic rings. The predicted molar refractivity (Wildman–Crippen MR) is 61.9 cm³/mol. The molecule has 3 nitrogen and oxygen atoms in total. The first-order valence-electron chi connectivity index (χ1n) is 5.94. The summed E-state index contributed by atoms with van der Waals surface area (Å²) >= 11 is 0. The maximum atomic E-state index is 13.1. The zero-order chi connectivity index (χ0) is 13.3. The molecule has 1 amide bonds. The minimum atomic E-state index is -0.903. The smallest absolute Gasteiger partial charge is 0.410 e. The lowest BCUT2D eigenvalue weighted by atomic mass is 10.1. The summed E-state index contributed by atoms with van der Waals surface area (Å²) in [6, 6.07) is 3.58. The number of amides is 1. The predicted octanol–water partition coefficient (Wildman–Crippen LogP) is 3.08. The summed E-state index contributed by atoms with van der Waals surface area (Å²) in [5, 5.41) is 0. The van der Waals surface area contributed by atoms with Gasteiger partial charge in [0.05, 0.1) is 6.04 Å². The van der Waals surface area contributed by atoms with E-state index >= 15 is 0 Å². The zero-order valence-electron chi connectivity index (χ0n) is 10.3. The Morgan fingerprint density at radius 1 is 1.33 bits per heavy atom. The third kappa shape index (κ3) is 2.30. The summed E-state index contributed by atoms with van der Waals surface area (Å²) in [6.45, 7) is 4.06. The fourth-order valence-corrected chi connectivity index (χ4v) is 2.13. The quantitative estimate of drug-likeness (QED) is 0.830. The van der Waals surface area contributed by atoms with E-state index in [-0.39, 0.29) is 18.7 Å². The monoisotopic (exact) mass is 255 g/mol. The van der Waals surface area contributed by atoms with Crippen LogP contribution >= 0.6 is 0 Å². The van der Waals surface area contributed by atoms with E-state index in [0.29, 0.717) is 5.56 Å². The van der Waals surface area contributed by atoms with Gasteiger partial charge in [0.1, 0.15) is 6.10 Å². The van der Waals surface area contributed by atoms with Crippen molar-refractivity contribution in [2.45, 2.75) is 39.0 Å². The summed E-state index contributed by atoms with van der Waals surface area (Å²) in [5.74, 6) is -1.79. The molecular weight excluding hydrogens is 240 g/mol. The van der Waals surface area contributed by atoms with Crippen LogP contribution in [0.4, 0.5) is 13.6 Å². The second-order valence-electron chi connectivity index (χ2n) is 4.45. The molecule has 1 aliphatic heterocycles. The lowest BCUT2D eigenvalue weighted by Crippen LogP contribution is -2.33. The highest BCUT2D eigenvalue weighted by Gasteiger charge is 2.37. The second-order valence-corrected chi connectivity index (χ2v) is 4.45. The van der Waals surface area contributed by atoms with Crippen LogP contribution in [0.15, 0.2) is 18.2 Å². The van der Waals surface area contributed by atoms with Crippen molar-refractivity contribution in [1.82, 2.24) is 4.90 Å². The SMILES string of the molecule is CC[C@H]1OC(=O)N(Cc2ccc(F)c(F)c2)[C@@H]1C. The first-order valence-corrected chi connectivity index (χ1v) is 5.94. The van der Waals surface area contributed by atoms with Crippen LogP contribution in [0.3, 0.4) is 0 Å². The Hall–Kier alpha value is -1.65. The van der Waals surface area contributed by atoms with Crippen LogP contribution < -0.4 is 0 Å². The van der Waals surface area contributed by atoms with Gasteiger partial charge in [-0.3, -0.25) is 4.90 Å². The molecule has 0 bridgehead atoms. The van der Waals surface area contributed by atoms with Crippen molar-refractivity contribution in [1.29, 1.82) is 0 Å². The number of ether oxygens (including phenoxy) is 1. The molecule has 2 rings (SSSR count). The van der Waals surface area contributed by atoms with E-state index in [1.54, 1.807) is 0 Å². The molecule has 0 aromatic heterocycles. The minimum Gasteiger partial charge on any atom is -0.444 e. The third-order valence-corrected chi connectivity index (χ3v) is 3.26. The van der Waals surface area contributed by atoms with Gasteiger partial charge in [0.25, 0.3) is 0 Å². The molecule has 1 aromatic carbocycles. The molecule has 0 radical (unpaired) electrons. The number of rotatable bonds is 3. The van der Waals surface area contributed by atoms with Crippen molar-refractivity contribution >= 4 is 6.09 Å². The number of hydrogen-bond donors (Lipinski definition) is 0. The maximum Gasteiger partial charge on any atom is 0.410 e. The van der Waals surface area contributed by atoms with Gasteiger partial charge in [-0.1, -0.05) is 13.0 Å². The number of benzene rings is 1. The molecule has 0 N–H and O–H groups in total. The van der Waals surface area contributed by atoms with Gasteiger partial charge in [-0.25, -0.2) is 13.6 Å². The summed E-state index contributed by atoms with van der Waals surface area (Å²) in [6.07, 6.45) is 0.197. The Labute approximate surface area is 104 Å². The van der Waals surface area contributed by atoms with Crippen LogP contribution in [0.5, 0.6) is 0 Å². The highest BCUT2D eigenvalue weighted by Crippen LogP contribution is 2.24. The minimum absolute atomic E-state index is 0.0596. The van der Waals surface area contributed by atoms with Gasteiger partial charge < -0.3 is 4.74 Å². The summed E-state index contributed by atoms with van der Waals surface area (Å²) in [5.41, 5.74) is 0.550. The van der Waals surface area contributed by atoms with Crippen LogP contribution in [0, 0.1) is 11.6 Å². The number of hydrogen-bond acceptors (Lipinski definition) is 2. The van der Waals surface area contributed by atoms with Crippen molar-refractivity contribution in [2.75, 3.05) is 0 Å². The average Bonchev–Trinajstić information content (AvgIpc) is 2.61. The highest BCUT2D eigenvalue weighted by atomic mass is 19.2. The van der Waals surface area contributed by atoms with Gasteiger partial charge in [-0.15, -0.1) is 0 Å². The van der Waals surface area contributed by atoms with Gasteiger partial charge in [0.2, 0.25) is 0 Å². The van der Waals surface area contributed by atoms with Crippen molar-refractivity contribution in [2.24, 2.45) is 0 Å². The Balaban J connectivity index is 2.13. The van der Waals surface area contributed by atoms with E-state index < -0.39 is 17.7 Å². The number of cyclic esters (lactones) is 1. The van der Waals surface area contributed by atoms with E-state index in [2.05, 4.69) is 0 Å². The number of carbonyl (C=O) groups excluding carboxylic acids is 1. The topological polar surface area (TPSA) is 29.5 Å². The zero-order valence-corrected chi connectivity index (χ0v) is 10.3. The van der Waals surface area contributed by atoms with Crippen LogP contribution in [0.25, 0.3) is 0 Å². The molecule has 0 unspecified atom stereocenters. The summed E-state index contributed by atoms with van der Waals surface area (Å²) < 4.78 is 31.1. The van der Waals surface area contributed by atoms with Crippen molar-refractivity contribution in [3.05, 3.63) is 35.4 Å². The molecule has 0 spiro atoms. The molecule has 18 heavy (non-hydrogen) atoms. The first-order chi connectivity index (χ1) is 8.52. The van der Waals surface area contributed by atoms with Gasteiger partial charge in [0.15, 0.2) is 11.6 Å². The van der Waals surface area contributed by atoms with Crippen LogP contribution in [0.1, 0.15) is 25.8 Å². The maximum absolute atomic E-state index is 13.1. The molecule has 2 atom stereocenters. The molecule has 98 valence electrons. The van der Waals surface area contributed by atoms with Gasteiger partial charge in [-0.05, 0) is 31.0 Å². The molecule has 5 heteroatoms. The Morgan fingerprint density at radius 3 is 2.61 bits per heavy atom. The molecule has 1 saturated heterocycles. The third-order valence-electron chi connectivity index (χ3n) is 3.26. The fraction of sp³-hybridized carbons (Fsp3) is 0.462. The molecule has 1 heterocycles. The van der Waals surface area contributed by atoms with E-state index in [0.717, 1.165) is 18.6 Å². The van der Waals surface area contributed by atoms with E-state index in [1.807, 2.05) is 13.8 Å². The second kappa shape index (κ2) is 4.92. The molecular formula is C13H15F2NO2. The van der Waals surface area contributed by atoms with Crippen molar-refractivity contribution in [3.8, 4) is 0 Å². The lowest BCUT2D eigenvalue weighted by molar-refractivity contribution is 0.128. The van der Waals surface area contributed by atoms with Crippen LogP contribution in [-0.4, -0.2) is 23.1 Å². The molecule has 0 aliphatic carbocycles. The molecule has 1 fully saturated rings. The van der Waals surface area contributed by atoms with Crippen molar-refractivity contribution < 1.29 is 18.3 Å². The Kier molecular flexibility index (Phi) is 3.50. The number of halogens is 2. The van der Waals surface area contributed by atoms with Gasteiger partial charge >= 0.3 is 6.09 Å². The first kappa shape index (κ1) is 12.8. The van der Waals surface area contributed by atoms with Crippen LogP contribution in [-0.2, 0) is 11.3 Å². The largest absolute Gasteiger partial charge is 0.444 e. The van der Waals surface area contributed by atoms with E-state index in [1.165, 1.54) is 11.0 Å². The van der Waals surface area contributed by atoms with E-state index in [9.17, 15) is 13.6 Å². The average molecular weight is 255 g/mol. The normalized spacial score (nSPS) is 23.3. The Bertz CT molecular complexity index is 464. The van der Waals surface area contributed by atoms with Gasteiger partial charge in [-0.2, -0.15) is 0 Å². The van der Waals surface area contributed by atoms with Crippen molar-refractivity contribution in [3.63, 3.8) is 0 Å². The molecule has 0 saturated carbocycles. The highest BCUT2D eigenvalue weighted by molar-refractivity contribution is 5.70. The number of carbonyl (C=O) groups is 1. The van der Waals surface area contributed by atoms with Gasteiger partial charge in [0, 0.05) is 6.54 Å². The fourth-order valence-electron chi connectivity index (χ4n) is 2.13. The van der Waals surface area contributed by atoms with E-state index in [4.69, 9.17) is 4.74 Å². The number of nitrogens with zero attached hydrogens (tertiary/aromatic N) is 1. The lowest BCUT2D eigenvalue weighted by Gasteiger charge is -2.20. The summed E-state index contributed by atoms with van der Waals surface area (Å²) in [7, 11) is 0. The summed E-state index contributed by atoms with van der Waals surface area (Å²) in [4.78, 5) is 13.2. The standard InChI is InChI=1S/C13H15F2NO2/c1-3-12-8(2)16(13(17)18-12)7-9-4-5-10(14)11(15)6-9/h4-6,8,12H,3,7H2,1-2H3/t8-,12-/m1/s1. The van der Waals surface area contributed by atoms with Crippen LogP contribution in [0.2, 0.25) is 0 Å². The molecule has 1 aliphatic rings.